The number of hydrogen-bond acceptors (Lipinski definition) is 4. The number of rotatable bonds is 7. The van der Waals surface area contributed by atoms with Crippen LogP contribution in [-0.4, -0.2) is 32.8 Å². The van der Waals surface area contributed by atoms with Crippen molar-refractivity contribution in [2.75, 3.05) is 13.2 Å². The topological polar surface area (TPSA) is 75.6 Å². The molecule has 2 N–H and O–H groups in total. The largest absolute Gasteiger partial charge is 0.494 e. The molecule has 0 saturated carbocycles. The molecule has 0 amide bonds. The fourth-order valence-corrected chi connectivity index (χ4v) is 3.51. The van der Waals surface area contributed by atoms with Crippen molar-refractivity contribution in [3.8, 4) is 5.75 Å². The predicted molar refractivity (Wildman–Crippen MR) is 86.6 cm³/mol. The Morgan fingerprint density at radius 1 is 1.14 bits per heavy atom. The van der Waals surface area contributed by atoms with Gasteiger partial charge in [0.15, 0.2) is 0 Å². The summed E-state index contributed by atoms with van der Waals surface area (Å²) in [6, 6.07) is 10.0. The van der Waals surface area contributed by atoms with E-state index in [4.69, 9.17) is 9.84 Å². The smallest absolute Gasteiger partial charge is 0.240 e. The molecule has 2 aromatic carbocycles. The normalized spacial score (nSPS) is 13.2. The first-order chi connectivity index (χ1) is 10.5. The minimum Gasteiger partial charge on any atom is -0.494 e. The molecule has 0 aromatic heterocycles. The van der Waals surface area contributed by atoms with Gasteiger partial charge in [-0.2, -0.15) is 0 Å². The quantitative estimate of drug-likeness (QED) is 0.820. The second kappa shape index (κ2) is 7.09. The van der Waals surface area contributed by atoms with Crippen LogP contribution in [0.2, 0.25) is 0 Å². The second-order valence-corrected chi connectivity index (χ2v) is 6.73. The highest BCUT2D eigenvalue weighted by molar-refractivity contribution is 7.89. The zero-order valence-electron chi connectivity index (χ0n) is 12.7. The first-order valence-corrected chi connectivity index (χ1v) is 8.78. The molecule has 0 unspecified atom stereocenters. The molecule has 2 rings (SSSR count). The Morgan fingerprint density at radius 3 is 2.45 bits per heavy atom. The summed E-state index contributed by atoms with van der Waals surface area (Å²) in [7, 11) is -3.64. The number of fused-ring (bicyclic) bond motifs is 1. The number of ether oxygens (including phenoxy) is 1. The predicted octanol–water partition coefficient (Wildman–Crippen LogP) is 2.29. The van der Waals surface area contributed by atoms with Crippen LogP contribution in [0.3, 0.4) is 0 Å². The van der Waals surface area contributed by atoms with Crippen LogP contribution in [0.1, 0.15) is 20.3 Å². The Hall–Kier alpha value is -1.63. The van der Waals surface area contributed by atoms with Crippen LogP contribution in [0.5, 0.6) is 5.75 Å². The molecule has 0 aliphatic carbocycles. The summed E-state index contributed by atoms with van der Waals surface area (Å²) in [5, 5.41) is 10.9. The Morgan fingerprint density at radius 2 is 1.82 bits per heavy atom. The lowest BCUT2D eigenvalue weighted by molar-refractivity contribution is 0.254. The van der Waals surface area contributed by atoms with Gasteiger partial charge in [0, 0.05) is 6.04 Å². The van der Waals surface area contributed by atoms with Gasteiger partial charge in [0.1, 0.15) is 5.75 Å². The Kier molecular flexibility index (Phi) is 5.39. The first kappa shape index (κ1) is 16.7. The van der Waals surface area contributed by atoms with Crippen molar-refractivity contribution < 1.29 is 18.3 Å². The van der Waals surface area contributed by atoms with E-state index in [-0.39, 0.29) is 11.5 Å². The van der Waals surface area contributed by atoms with E-state index in [0.717, 1.165) is 16.5 Å². The molecule has 120 valence electrons. The monoisotopic (exact) mass is 323 g/mol. The van der Waals surface area contributed by atoms with Crippen LogP contribution in [0.25, 0.3) is 10.8 Å². The minimum atomic E-state index is -3.64. The molecular weight excluding hydrogens is 302 g/mol. The van der Waals surface area contributed by atoms with E-state index < -0.39 is 16.1 Å². The third-order valence-electron chi connectivity index (χ3n) is 3.44. The van der Waals surface area contributed by atoms with Gasteiger partial charge in [-0.25, -0.2) is 13.1 Å². The highest BCUT2D eigenvalue weighted by Gasteiger charge is 2.18. The lowest BCUT2D eigenvalue weighted by atomic mass is 10.1. The fourth-order valence-electron chi connectivity index (χ4n) is 2.16. The molecular formula is C16H21NO4S. The third kappa shape index (κ3) is 3.76. The lowest BCUT2D eigenvalue weighted by Crippen LogP contribution is -2.36. The van der Waals surface area contributed by atoms with Crippen molar-refractivity contribution in [2.45, 2.75) is 31.2 Å². The molecule has 5 nitrogen and oxygen atoms in total. The summed E-state index contributed by atoms with van der Waals surface area (Å²) in [6.45, 7) is 4.10. The maximum absolute atomic E-state index is 12.3. The molecule has 0 aliphatic heterocycles. The molecule has 0 spiro atoms. The van der Waals surface area contributed by atoms with Gasteiger partial charge in [0.25, 0.3) is 0 Å². The van der Waals surface area contributed by atoms with Gasteiger partial charge in [-0.3, -0.25) is 0 Å². The van der Waals surface area contributed by atoms with Gasteiger partial charge in [-0.1, -0.05) is 19.1 Å². The maximum atomic E-state index is 12.3. The van der Waals surface area contributed by atoms with Gasteiger partial charge in [-0.05, 0) is 48.4 Å². The van der Waals surface area contributed by atoms with E-state index in [1.54, 1.807) is 18.2 Å². The minimum absolute atomic E-state index is 0.191. The molecule has 0 bridgehead atoms. The standard InChI is InChI=1S/C16H21NO4S/c1-3-14(11-18)17-22(19,20)16-8-6-12-9-15(21-4-2)7-5-13(12)10-16/h5-10,14,17-18H,3-4,11H2,1-2H3/t14-/m1/s1. The van der Waals surface area contributed by atoms with Crippen LogP contribution >= 0.6 is 0 Å². The summed E-state index contributed by atoms with van der Waals surface area (Å²) in [4.78, 5) is 0.191. The van der Waals surface area contributed by atoms with E-state index in [2.05, 4.69) is 4.72 Å². The van der Waals surface area contributed by atoms with Gasteiger partial charge in [0.2, 0.25) is 10.0 Å². The van der Waals surface area contributed by atoms with Gasteiger partial charge in [-0.15, -0.1) is 0 Å². The van der Waals surface area contributed by atoms with Crippen molar-refractivity contribution in [2.24, 2.45) is 0 Å². The fraction of sp³-hybridized carbons (Fsp3) is 0.375. The van der Waals surface area contributed by atoms with Gasteiger partial charge < -0.3 is 9.84 Å². The van der Waals surface area contributed by atoms with Gasteiger partial charge in [0.05, 0.1) is 18.1 Å². The molecule has 0 heterocycles. The number of benzene rings is 2. The Balaban J connectivity index is 2.34. The van der Waals surface area contributed by atoms with E-state index >= 15 is 0 Å². The summed E-state index contributed by atoms with van der Waals surface area (Å²) < 4.78 is 32.6. The van der Waals surface area contributed by atoms with E-state index in [1.165, 1.54) is 0 Å². The van der Waals surface area contributed by atoms with Crippen LogP contribution in [0, 0.1) is 0 Å². The van der Waals surface area contributed by atoms with Crippen molar-refractivity contribution >= 4 is 20.8 Å². The average Bonchev–Trinajstić information content (AvgIpc) is 2.52. The van der Waals surface area contributed by atoms with Crippen molar-refractivity contribution in [3.63, 3.8) is 0 Å². The zero-order valence-corrected chi connectivity index (χ0v) is 13.6. The van der Waals surface area contributed by atoms with Crippen molar-refractivity contribution in [1.29, 1.82) is 0 Å². The summed E-state index contributed by atoms with van der Waals surface area (Å²) >= 11 is 0. The van der Waals surface area contributed by atoms with Crippen molar-refractivity contribution in [1.82, 2.24) is 4.72 Å². The molecule has 0 saturated heterocycles. The lowest BCUT2D eigenvalue weighted by Gasteiger charge is -2.14. The highest BCUT2D eigenvalue weighted by atomic mass is 32.2. The number of hydrogen-bond donors (Lipinski definition) is 2. The van der Waals surface area contributed by atoms with Crippen LogP contribution in [0.4, 0.5) is 0 Å². The first-order valence-electron chi connectivity index (χ1n) is 7.30. The number of aliphatic hydroxyl groups excluding tert-OH is 1. The Labute approximate surface area is 131 Å². The molecule has 0 fully saturated rings. The zero-order chi connectivity index (χ0) is 16.2. The van der Waals surface area contributed by atoms with E-state index in [0.29, 0.717) is 13.0 Å². The van der Waals surface area contributed by atoms with E-state index in [1.807, 2.05) is 32.0 Å². The average molecular weight is 323 g/mol. The maximum Gasteiger partial charge on any atom is 0.240 e. The number of aliphatic hydroxyl groups is 1. The molecule has 22 heavy (non-hydrogen) atoms. The SMILES string of the molecule is CCOc1ccc2cc(S(=O)(=O)N[C@H](CC)CO)ccc2c1. The summed E-state index contributed by atoms with van der Waals surface area (Å²) in [5.41, 5.74) is 0. The highest BCUT2D eigenvalue weighted by Crippen LogP contribution is 2.24. The summed E-state index contributed by atoms with van der Waals surface area (Å²) in [5.74, 6) is 0.759. The van der Waals surface area contributed by atoms with Gasteiger partial charge >= 0.3 is 0 Å². The van der Waals surface area contributed by atoms with Crippen LogP contribution in [0.15, 0.2) is 41.3 Å². The second-order valence-electron chi connectivity index (χ2n) is 5.01. The Bertz CT molecular complexity index is 739. The third-order valence-corrected chi connectivity index (χ3v) is 4.96. The molecule has 2 aromatic rings. The summed E-state index contributed by atoms with van der Waals surface area (Å²) in [6.07, 6.45) is 0.529. The molecule has 0 aliphatic rings. The molecule has 0 radical (unpaired) electrons. The molecule has 1 atom stereocenters. The van der Waals surface area contributed by atoms with Crippen molar-refractivity contribution in [3.05, 3.63) is 36.4 Å². The van der Waals surface area contributed by atoms with E-state index in [9.17, 15) is 8.42 Å². The number of nitrogens with one attached hydrogen (secondary N) is 1. The number of sulfonamides is 1. The van der Waals surface area contributed by atoms with Crippen LogP contribution in [-0.2, 0) is 10.0 Å². The van der Waals surface area contributed by atoms with Crippen LogP contribution < -0.4 is 9.46 Å². The molecule has 6 heteroatoms.